The van der Waals surface area contributed by atoms with Crippen LogP contribution in [0.4, 0.5) is 0 Å². The van der Waals surface area contributed by atoms with Gasteiger partial charge in [0.15, 0.2) is 0 Å². The first-order valence-corrected chi connectivity index (χ1v) is 13.8. The van der Waals surface area contributed by atoms with Crippen LogP contribution >= 0.6 is 0 Å². The molecule has 4 heteroatoms. The molecule has 0 spiro atoms. The zero-order chi connectivity index (χ0) is 20.6. The minimum atomic E-state index is -1.46. The van der Waals surface area contributed by atoms with E-state index in [-0.39, 0.29) is 20.1 Å². The van der Waals surface area contributed by atoms with Crippen molar-refractivity contribution in [1.29, 1.82) is 0 Å². The van der Waals surface area contributed by atoms with Crippen molar-refractivity contribution in [1.82, 2.24) is 9.78 Å². The molecular weight excluding hydrogens is 549 g/mol. The van der Waals surface area contributed by atoms with Crippen LogP contribution in [0.3, 0.4) is 0 Å². The maximum absolute atomic E-state index is 4.70. The third-order valence-electron chi connectivity index (χ3n) is 5.42. The molecule has 0 unspecified atom stereocenters. The molecule has 0 aliphatic rings. The second kappa shape index (κ2) is 9.12. The summed E-state index contributed by atoms with van der Waals surface area (Å²) in [5.74, 6) is 0.918. The Labute approximate surface area is 191 Å². The Balaban J connectivity index is 0.00000300. The van der Waals surface area contributed by atoms with Gasteiger partial charge in [-0.2, -0.15) is 0 Å². The third-order valence-corrected chi connectivity index (χ3v) is 7.44. The van der Waals surface area contributed by atoms with Crippen LogP contribution < -0.4 is 5.19 Å². The van der Waals surface area contributed by atoms with Crippen LogP contribution in [0.5, 0.6) is 0 Å². The topological polar surface area (TPSA) is 17.8 Å². The Hall–Kier alpha value is -1.48. The average molecular weight is 582 g/mol. The fourth-order valence-corrected chi connectivity index (χ4v) is 4.83. The summed E-state index contributed by atoms with van der Waals surface area (Å²) in [5, 5.41) is 6.14. The van der Waals surface area contributed by atoms with Gasteiger partial charge in [-0.15, -0.1) is 28.9 Å². The normalized spacial score (nSPS) is 11.8. The summed E-state index contributed by atoms with van der Waals surface area (Å²) < 4.78 is 1.87. The molecule has 0 N–H and O–H groups in total. The SMILES string of the molecule is CC(C)c1cccc(C(C)C)c1-c1cc([Si](C)(C)C)c[c-]c1-c1ccn(C)n1.[Ir]. The van der Waals surface area contributed by atoms with Gasteiger partial charge in [0.2, 0.25) is 0 Å². The maximum Gasteiger partial charge on any atom is 0.0292 e. The maximum atomic E-state index is 4.70. The summed E-state index contributed by atoms with van der Waals surface area (Å²) in [6.45, 7) is 16.4. The second-order valence-electron chi connectivity index (χ2n) is 9.42. The molecule has 0 aliphatic carbocycles. The molecule has 1 heterocycles. The first-order chi connectivity index (χ1) is 13.1. The number of nitrogens with zero attached hydrogens (tertiary/aromatic N) is 2. The first kappa shape index (κ1) is 23.8. The number of hydrogen-bond acceptors (Lipinski definition) is 1. The van der Waals surface area contributed by atoms with Crippen molar-refractivity contribution in [2.45, 2.75) is 59.2 Å². The van der Waals surface area contributed by atoms with Crippen molar-refractivity contribution in [3.63, 3.8) is 0 Å². The van der Waals surface area contributed by atoms with Crippen molar-refractivity contribution in [3.05, 3.63) is 59.8 Å². The second-order valence-corrected chi connectivity index (χ2v) is 14.5. The molecule has 29 heavy (non-hydrogen) atoms. The molecule has 2 nitrogen and oxygen atoms in total. The summed E-state index contributed by atoms with van der Waals surface area (Å²) in [4.78, 5) is 0. The smallest absolute Gasteiger partial charge is 0.0292 e. The van der Waals surface area contributed by atoms with E-state index in [0.29, 0.717) is 11.8 Å². The van der Waals surface area contributed by atoms with Crippen LogP contribution in [0.2, 0.25) is 19.6 Å². The molecule has 0 bridgehead atoms. The van der Waals surface area contributed by atoms with Gasteiger partial charge in [-0.25, -0.2) is 5.10 Å². The molecule has 0 saturated heterocycles. The van der Waals surface area contributed by atoms with E-state index in [1.54, 1.807) is 0 Å². The Morgan fingerprint density at radius 3 is 2.00 bits per heavy atom. The minimum absolute atomic E-state index is 0. The fraction of sp³-hybridized carbons (Fsp3) is 0.400. The van der Waals surface area contributed by atoms with E-state index >= 15 is 0 Å². The molecule has 2 aromatic carbocycles. The number of hydrogen-bond donors (Lipinski definition) is 0. The van der Waals surface area contributed by atoms with Crippen LogP contribution in [0, 0.1) is 6.07 Å². The van der Waals surface area contributed by atoms with Gasteiger partial charge in [0.1, 0.15) is 0 Å². The van der Waals surface area contributed by atoms with Gasteiger partial charge >= 0.3 is 0 Å². The summed E-state index contributed by atoms with van der Waals surface area (Å²) >= 11 is 0. The molecule has 0 aliphatic heterocycles. The van der Waals surface area contributed by atoms with Gasteiger partial charge in [0, 0.05) is 47.1 Å². The van der Waals surface area contributed by atoms with E-state index in [9.17, 15) is 0 Å². The van der Waals surface area contributed by atoms with Crippen LogP contribution in [0.15, 0.2) is 42.6 Å². The van der Waals surface area contributed by atoms with Gasteiger partial charge < -0.3 is 0 Å². The van der Waals surface area contributed by atoms with E-state index in [4.69, 9.17) is 5.10 Å². The quantitative estimate of drug-likeness (QED) is 0.254. The molecule has 3 aromatic rings. The molecule has 0 saturated carbocycles. The first-order valence-electron chi connectivity index (χ1n) is 10.3. The van der Waals surface area contributed by atoms with Gasteiger partial charge in [0.05, 0.1) is 0 Å². The summed E-state index contributed by atoms with van der Waals surface area (Å²) in [6, 6.07) is 17.1. The van der Waals surface area contributed by atoms with E-state index in [2.05, 4.69) is 89.8 Å². The Morgan fingerprint density at radius 2 is 1.55 bits per heavy atom. The number of aryl methyl sites for hydroxylation is 1. The van der Waals surface area contributed by atoms with Crippen molar-refractivity contribution in [2.75, 3.05) is 0 Å². The van der Waals surface area contributed by atoms with Crippen LogP contribution in [-0.4, -0.2) is 17.9 Å². The number of rotatable bonds is 5. The van der Waals surface area contributed by atoms with Gasteiger partial charge in [-0.3, -0.25) is 4.68 Å². The van der Waals surface area contributed by atoms with E-state index in [1.165, 1.54) is 27.4 Å². The molecular formula is C25H33IrN2Si-. The molecule has 157 valence electrons. The monoisotopic (exact) mass is 582 g/mol. The predicted octanol–water partition coefficient (Wildman–Crippen LogP) is 6.34. The van der Waals surface area contributed by atoms with Gasteiger partial charge in [-0.1, -0.05) is 82.7 Å². The summed E-state index contributed by atoms with van der Waals surface area (Å²) in [7, 11) is 0.511. The number of benzene rings is 2. The van der Waals surface area contributed by atoms with Crippen LogP contribution in [-0.2, 0) is 27.2 Å². The number of aromatic nitrogens is 2. The van der Waals surface area contributed by atoms with Gasteiger partial charge in [0.25, 0.3) is 0 Å². The van der Waals surface area contributed by atoms with E-state index < -0.39 is 8.07 Å². The minimum Gasteiger partial charge on any atom is -0.285 e. The Morgan fingerprint density at radius 1 is 0.966 bits per heavy atom. The molecule has 3 rings (SSSR count). The Kier molecular flexibility index (Phi) is 7.48. The molecule has 0 fully saturated rings. The van der Waals surface area contributed by atoms with Crippen LogP contribution in [0.1, 0.15) is 50.7 Å². The summed E-state index contributed by atoms with van der Waals surface area (Å²) in [6.07, 6.45) is 2.01. The van der Waals surface area contributed by atoms with Gasteiger partial charge in [-0.05, 0) is 23.0 Å². The molecule has 1 radical (unpaired) electrons. The zero-order valence-corrected chi connectivity index (χ0v) is 22.3. The largest absolute Gasteiger partial charge is 0.285 e. The zero-order valence-electron chi connectivity index (χ0n) is 18.9. The predicted molar refractivity (Wildman–Crippen MR) is 124 cm³/mol. The van der Waals surface area contributed by atoms with Crippen molar-refractivity contribution in [2.24, 2.45) is 7.05 Å². The molecule has 0 atom stereocenters. The standard InChI is InChI=1S/C25H33N2Si.Ir/c1-17(2)20-10-9-11-21(18(3)4)25(20)23-16-19(28(6,7)8)12-13-22(23)24-14-15-27(5)26-24;/h9-12,14-18H,1-8H3;/q-1;. The van der Waals surface area contributed by atoms with Crippen molar-refractivity contribution in [3.8, 4) is 22.4 Å². The van der Waals surface area contributed by atoms with E-state index in [0.717, 1.165) is 11.3 Å². The molecule has 0 amide bonds. The molecule has 1 aromatic heterocycles. The van der Waals surface area contributed by atoms with E-state index in [1.807, 2.05) is 17.9 Å². The fourth-order valence-electron chi connectivity index (χ4n) is 3.75. The van der Waals surface area contributed by atoms with Crippen molar-refractivity contribution < 1.29 is 20.1 Å². The van der Waals surface area contributed by atoms with Crippen molar-refractivity contribution >= 4 is 13.3 Å². The average Bonchev–Trinajstić information content (AvgIpc) is 3.05. The summed E-state index contributed by atoms with van der Waals surface area (Å²) in [5.41, 5.74) is 7.58. The Bertz CT molecular complexity index is 954. The third kappa shape index (κ3) is 4.99. The van der Waals surface area contributed by atoms with Crippen LogP contribution in [0.25, 0.3) is 22.4 Å².